The number of hydrogen-bond donors (Lipinski definition) is 1. The molecule has 0 saturated carbocycles. The normalized spacial score (nSPS) is 11.4. The van der Waals surface area contributed by atoms with Crippen molar-refractivity contribution in [1.29, 1.82) is 0 Å². The van der Waals surface area contributed by atoms with Crippen LogP contribution in [-0.4, -0.2) is 36.1 Å². The third-order valence-electron chi connectivity index (χ3n) is 2.69. The molecule has 0 aromatic carbocycles. The molecular formula is C12H20ClN3. The first-order chi connectivity index (χ1) is 7.61. The average molecular weight is 242 g/mol. The van der Waals surface area contributed by atoms with Gasteiger partial charge in [-0.25, -0.2) is 0 Å². The molecule has 0 aliphatic carbocycles. The maximum atomic E-state index is 6.00. The van der Waals surface area contributed by atoms with E-state index in [1.165, 1.54) is 0 Å². The van der Waals surface area contributed by atoms with Gasteiger partial charge in [0.1, 0.15) is 0 Å². The molecule has 16 heavy (non-hydrogen) atoms. The second kappa shape index (κ2) is 6.84. The van der Waals surface area contributed by atoms with Gasteiger partial charge in [0.05, 0.1) is 5.02 Å². The van der Waals surface area contributed by atoms with Crippen LogP contribution in [-0.2, 0) is 6.54 Å². The maximum absolute atomic E-state index is 6.00. The van der Waals surface area contributed by atoms with E-state index in [-0.39, 0.29) is 0 Å². The Kier molecular flexibility index (Phi) is 5.74. The molecule has 1 rings (SSSR count). The molecule has 1 heterocycles. The van der Waals surface area contributed by atoms with E-state index in [1.807, 2.05) is 6.07 Å². The molecule has 0 unspecified atom stereocenters. The third kappa shape index (κ3) is 4.47. The van der Waals surface area contributed by atoms with Crippen LogP contribution in [0.15, 0.2) is 18.5 Å². The summed E-state index contributed by atoms with van der Waals surface area (Å²) in [7, 11) is 2.13. The lowest BCUT2D eigenvalue weighted by Gasteiger charge is -2.20. The Morgan fingerprint density at radius 1 is 1.50 bits per heavy atom. The van der Waals surface area contributed by atoms with Crippen LogP contribution < -0.4 is 5.32 Å². The molecular weight excluding hydrogens is 222 g/mol. The summed E-state index contributed by atoms with van der Waals surface area (Å²) in [6, 6.07) is 2.54. The van der Waals surface area contributed by atoms with Crippen LogP contribution in [0.4, 0.5) is 0 Å². The zero-order chi connectivity index (χ0) is 12.0. The number of rotatable bonds is 6. The molecule has 90 valence electrons. The molecule has 0 bridgehead atoms. The minimum atomic E-state index is 0.589. The molecule has 1 aromatic rings. The van der Waals surface area contributed by atoms with E-state index >= 15 is 0 Å². The Balaban J connectivity index is 2.24. The van der Waals surface area contributed by atoms with Crippen LogP contribution in [0.5, 0.6) is 0 Å². The van der Waals surface area contributed by atoms with Crippen LogP contribution in [0.25, 0.3) is 0 Å². The first-order valence-electron chi connectivity index (χ1n) is 5.60. The van der Waals surface area contributed by atoms with Crippen molar-refractivity contribution in [1.82, 2.24) is 15.2 Å². The molecule has 3 nitrogen and oxygen atoms in total. The Morgan fingerprint density at radius 3 is 2.88 bits per heavy atom. The molecule has 0 aliphatic heterocycles. The first-order valence-corrected chi connectivity index (χ1v) is 5.98. The van der Waals surface area contributed by atoms with Crippen molar-refractivity contribution in [2.24, 2.45) is 0 Å². The van der Waals surface area contributed by atoms with Crippen molar-refractivity contribution >= 4 is 11.6 Å². The third-order valence-corrected chi connectivity index (χ3v) is 3.04. The van der Waals surface area contributed by atoms with E-state index in [1.54, 1.807) is 12.4 Å². The molecule has 0 spiro atoms. The van der Waals surface area contributed by atoms with E-state index in [9.17, 15) is 0 Å². The average Bonchev–Trinajstić information content (AvgIpc) is 2.26. The highest BCUT2D eigenvalue weighted by atomic mass is 35.5. The second-order valence-corrected chi connectivity index (χ2v) is 4.63. The van der Waals surface area contributed by atoms with Gasteiger partial charge in [-0.1, -0.05) is 11.6 Å². The van der Waals surface area contributed by atoms with Crippen LogP contribution in [0, 0.1) is 0 Å². The highest BCUT2D eigenvalue weighted by Crippen LogP contribution is 2.12. The van der Waals surface area contributed by atoms with Gasteiger partial charge in [-0.15, -0.1) is 0 Å². The lowest BCUT2D eigenvalue weighted by Crippen LogP contribution is -2.33. The van der Waals surface area contributed by atoms with E-state index in [0.29, 0.717) is 6.04 Å². The quantitative estimate of drug-likeness (QED) is 0.774. The summed E-state index contributed by atoms with van der Waals surface area (Å²) in [6.45, 7) is 7.19. The first kappa shape index (κ1) is 13.4. The van der Waals surface area contributed by atoms with Gasteiger partial charge in [-0.3, -0.25) is 4.98 Å². The number of nitrogens with one attached hydrogen (secondary N) is 1. The Morgan fingerprint density at radius 2 is 2.25 bits per heavy atom. The zero-order valence-corrected chi connectivity index (χ0v) is 11.0. The topological polar surface area (TPSA) is 28.2 Å². The monoisotopic (exact) mass is 241 g/mol. The van der Waals surface area contributed by atoms with E-state index in [0.717, 1.165) is 30.2 Å². The van der Waals surface area contributed by atoms with Crippen molar-refractivity contribution in [3.05, 3.63) is 29.0 Å². The smallest absolute Gasteiger partial charge is 0.0634 e. The molecule has 1 aromatic heterocycles. The largest absolute Gasteiger partial charge is 0.311 e. The number of halogens is 1. The Labute approximate surface area is 103 Å². The summed E-state index contributed by atoms with van der Waals surface area (Å²) in [6.07, 6.45) is 3.45. The summed E-state index contributed by atoms with van der Waals surface area (Å²) in [5.74, 6) is 0. The van der Waals surface area contributed by atoms with Crippen molar-refractivity contribution < 1.29 is 0 Å². The Bertz CT molecular complexity index is 315. The van der Waals surface area contributed by atoms with Crippen molar-refractivity contribution in [3.63, 3.8) is 0 Å². The van der Waals surface area contributed by atoms with Crippen molar-refractivity contribution in [2.75, 3.05) is 20.1 Å². The maximum Gasteiger partial charge on any atom is 0.0634 e. The van der Waals surface area contributed by atoms with Crippen molar-refractivity contribution in [2.45, 2.75) is 26.4 Å². The standard InChI is InChI=1S/C12H20ClN3/c1-10(2)16(3)7-6-15-8-11-4-5-14-9-12(11)13/h4-5,9-10,15H,6-8H2,1-3H3. The van der Waals surface area contributed by atoms with Crippen LogP contribution in [0.1, 0.15) is 19.4 Å². The molecule has 0 aliphatic rings. The van der Waals surface area contributed by atoms with Crippen LogP contribution in [0.3, 0.4) is 0 Å². The van der Waals surface area contributed by atoms with Crippen molar-refractivity contribution in [3.8, 4) is 0 Å². The summed E-state index contributed by atoms with van der Waals surface area (Å²) in [5, 5.41) is 4.10. The zero-order valence-electron chi connectivity index (χ0n) is 10.2. The fourth-order valence-electron chi connectivity index (χ4n) is 1.28. The lowest BCUT2D eigenvalue weighted by atomic mass is 10.2. The number of aromatic nitrogens is 1. The minimum absolute atomic E-state index is 0.589. The second-order valence-electron chi connectivity index (χ2n) is 4.22. The Hall–Kier alpha value is -0.640. The number of likely N-dealkylation sites (N-methyl/N-ethyl adjacent to an activating group) is 1. The molecule has 0 fully saturated rings. The van der Waals surface area contributed by atoms with Gasteiger partial charge < -0.3 is 10.2 Å². The van der Waals surface area contributed by atoms with Gasteiger partial charge in [-0.05, 0) is 32.5 Å². The predicted octanol–water partition coefficient (Wildman–Crippen LogP) is 2.16. The van der Waals surface area contributed by atoms with E-state index in [2.05, 4.69) is 36.1 Å². The lowest BCUT2D eigenvalue weighted by molar-refractivity contribution is 0.273. The van der Waals surface area contributed by atoms with Gasteiger partial charge in [0.2, 0.25) is 0 Å². The fourth-order valence-corrected chi connectivity index (χ4v) is 1.47. The fraction of sp³-hybridized carbons (Fsp3) is 0.583. The van der Waals surface area contributed by atoms with Gasteiger partial charge in [0.15, 0.2) is 0 Å². The molecule has 0 radical (unpaired) electrons. The van der Waals surface area contributed by atoms with Gasteiger partial charge >= 0.3 is 0 Å². The van der Waals surface area contributed by atoms with Gasteiger partial charge in [-0.2, -0.15) is 0 Å². The summed E-state index contributed by atoms with van der Waals surface area (Å²) < 4.78 is 0. The number of pyridine rings is 1. The molecule has 0 atom stereocenters. The molecule has 0 amide bonds. The minimum Gasteiger partial charge on any atom is -0.311 e. The number of hydrogen-bond acceptors (Lipinski definition) is 3. The molecule has 4 heteroatoms. The van der Waals surface area contributed by atoms with Crippen LogP contribution >= 0.6 is 11.6 Å². The molecule has 0 saturated heterocycles. The predicted molar refractivity (Wildman–Crippen MR) is 68.7 cm³/mol. The summed E-state index contributed by atoms with van der Waals surface area (Å²) >= 11 is 6.00. The van der Waals surface area contributed by atoms with Gasteiger partial charge in [0.25, 0.3) is 0 Å². The SMILES string of the molecule is CC(C)N(C)CCNCc1ccncc1Cl. The number of nitrogens with zero attached hydrogens (tertiary/aromatic N) is 2. The summed E-state index contributed by atoms with van der Waals surface area (Å²) in [4.78, 5) is 6.26. The van der Waals surface area contributed by atoms with E-state index < -0.39 is 0 Å². The summed E-state index contributed by atoms with van der Waals surface area (Å²) in [5.41, 5.74) is 1.10. The van der Waals surface area contributed by atoms with Gasteiger partial charge in [0, 0.05) is 38.1 Å². The van der Waals surface area contributed by atoms with E-state index in [4.69, 9.17) is 11.6 Å². The van der Waals surface area contributed by atoms with Crippen LogP contribution in [0.2, 0.25) is 5.02 Å². The highest BCUT2D eigenvalue weighted by molar-refractivity contribution is 6.31. The highest BCUT2D eigenvalue weighted by Gasteiger charge is 2.02. The molecule has 1 N–H and O–H groups in total.